The Balaban J connectivity index is 3.27. The molecule has 0 amide bonds. The highest BCUT2D eigenvalue weighted by atomic mass is 16.3. The van der Waals surface area contributed by atoms with Gasteiger partial charge in [0.25, 0.3) is 0 Å². The Morgan fingerprint density at radius 3 is 2.44 bits per heavy atom. The molecule has 3 heteroatoms. The van der Waals surface area contributed by atoms with Crippen LogP contribution in [0.4, 0.5) is 5.69 Å². The summed E-state index contributed by atoms with van der Waals surface area (Å²) in [7, 11) is 0. The van der Waals surface area contributed by atoms with E-state index in [4.69, 9.17) is 5.26 Å². The quantitative estimate of drug-likeness (QED) is 0.780. The minimum Gasteiger partial charge on any atom is -0.389 e. The minimum atomic E-state index is -0.579. The predicted molar refractivity (Wildman–Crippen MR) is 74.4 cm³/mol. The first kappa shape index (κ1) is 14.0. The number of hydrogen-bond donors (Lipinski definition) is 1. The smallest absolute Gasteiger partial charge is 0.0992 e. The molecule has 0 saturated carbocycles. The molecule has 1 aromatic carbocycles. The van der Waals surface area contributed by atoms with Crippen LogP contribution in [0.5, 0.6) is 0 Å². The standard InChI is InChI=1S/C15H18N2O/c1-4-8-17(9-5-2)15-10-13(11-16)6-7-14(15)12(3)18/h4-7,10,12,18H,1-2,8-9H2,3H3/t12-/m0/s1. The predicted octanol–water partition coefficient (Wildman–Crippen LogP) is 2.79. The van der Waals surface area contributed by atoms with Gasteiger partial charge in [-0.05, 0) is 19.1 Å². The summed E-state index contributed by atoms with van der Waals surface area (Å²) in [6.45, 7) is 10.4. The summed E-state index contributed by atoms with van der Waals surface area (Å²) >= 11 is 0. The molecule has 0 saturated heterocycles. The lowest BCUT2D eigenvalue weighted by Gasteiger charge is -2.25. The van der Waals surface area contributed by atoms with Crippen molar-refractivity contribution in [3.8, 4) is 6.07 Å². The van der Waals surface area contributed by atoms with E-state index in [2.05, 4.69) is 19.2 Å². The normalized spacial score (nSPS) is 11.4. The number of nitrogens with zero attached hydrogens (tertiary/aromatic N) is 2. The maximum atomic E-state index is 9.79. The van der Waals surface area contributed by atoms with Gasteiger partial charge in [-0.1, -0.05) is 18.2 Å². The Labute approximate surface area is 108 Å². The Bertz CT molecular complexity index is 462. The van der Waals surface area contributed by atoms with Gasteiger partial charge in [0, 0.05) is 24.3 Å². The molecule has 0 spiro atoms. The van der Waals surface area contributed by atoms with Gasteiger partial charge in [-0.3, -0.25) is 0 Å². The molecule has 0 aliphatic carbocycles. The second kappa shape index (κ2) is 6.63. The minimum absolute atomic E-state index is 0.576. The molecule has 1 N–H and O–H groups in total. The number of anilines is 1. The van der Waals surface area contributed by atoms with E-state index in [1.807, 2.05) is 4.90 Å². The van der Waals surface area contributed by atoms with Crippen LogP contribution < -0.4 is 4.90 Å². The summed E-state index contributed by atoms with van der Waals surface area (Å²) in [5.74, 6) is 0. The first-order valence-corrected chi connectivity index (χ1v) is 5.82. The molecule has 0 bridgehead atoms. The van der Waals surface area contributed by atoms with E-state index in [-0.39, 0.29) is 0 Å². The summed E-state index contributed by atoms with van der Waals surface area (Å²) in [6, 6.07) is 7.40. The van der Waals surface area contributed by atoms with Gasteiger partial charge in [0.15, 0.2) is 0 Å². The Morgan fingerprint density at radius 2 is 2.00 bits per heavy atom. The van der Waals surface area contributed by atoms with E-state index >= 15 is 0 Å². The van der Waals surface area contributed by atoms with Crippen LogP contribution in [0.15, 0.2) is 43.5 Å². The van der Waals surface area contributed by atoms with Crippen LogP contribution >= 0.6 is 0 Å². The first-order chi connectivity index (χ1) is 8.63. The summed E-state index contributed by atoms with van der Waals surface area (Å²) in [6.07, 6.45) is 2.99. The van der Waals surface area contributed by atoms with E-state index < -0.39 is 6.10 Å². The van der Waals surface area contributed by atoms with E-state index in [0.29, 0.717) is 18.7 Å². The van der Waals surface area contributed by atoms with Gasteiger partial charge in [-0.15, -0.1) is 13.2 Å². The molecular formula is C15H18N2O. The fourth-order valence-corrected chi connectivity index (χ4v) is 1.82. The van der Waals surface area contributed by atoms with Gasteiger partial charge < -0.3 is 10.0 Å². The summed E-state index contributed by atoms with van der Waals surface area (Å²) in [4.78, 5) is 2.02. The molecule has 0 heterocycles. The van der Waals surface area contributed by atoms with Crippen molar-refractivity contribution in [2.45, 2.75) is 13.0 Å². The molecule has 0 unspecified atom stereocenters. The fraction of sp³-hybridized carbons (Fsp3) is 0.267. The lowest BCUT2D eigenvalue weighted by Crippen LogP contribution is -2.24. The lowest BCUT2D eigenvalue weighted by molar-refractivity contribution is 0.199. The van der Waals surface area contributed by atoms with Crippen LogP contribution in [0, 0.1) is 11.3 Å². The van der Waals surface area contributed by atoms with Crippen molar-refractivity contribution >= 4 is 5.69 Å². The second-order valence-corrected chi connectivity index (χ2v) is 4.04. The molecule has 0 radical (unpaired) electrons. The van der Waals surface area contributed by atoms with Crippen molar-refractivity contribution in [1.29, 1.82) is 5.26 Å². The molecule has 0 fully saturated rings. The summed E-state index contributed by atoms with van der Waals surface area (Å²) < 4.78 is 0. The van der Waals surface area contributed by atoms with Crippen molar-refractivity contribution in [3.05, 3.63) is 54.6 Å². The van der Waals surface area contributed by atoms with E-state index in [1.165, 1.54) is 0 Å². The average molecular weight is 242 g/mol. The largest absolute Gasteiger partial charge is 0.389 e. The molecule has 18 heavy (non-hydrogen) atoms. The van der Waals surface area contributed by atoms with Crippen molar-refractivity contribution in [1.82, 2.24) is 0 Å². The molecule has 1 aromatic rings. The second-order valence-electron chi connectivity index (χ2n) is 4.04. The molecule has 0 aliphatic heterocycles. The van der Waals surface area contributed by atoms with Crippen LogP contribution in [-0.4, -0.2) is 18.2 Å². The van der Waals surface area contributed by atoms with Crippen LogP contribution in [0.2, 0.25) is 0 Å². The van der Waals surface area contributed by atoms with Crippen LogP contribution in [0.25, 0.3) is 0 Å². The van der Waals surface area contributed by atoms with Gasteiger partial charge in [-0.2, -0.15) is 5.26 Å². The summed E-state index contributed by atoms with van der Waals surface area (Å²) in [5, 5.41) is 18.8. The number of aliphatic hydroxyl groups is 1. The first-order valence-electron chi connectivity index (χ1n) is 5.82. The maximum absolute atomic E-state index is 9.79. The SMILES string of the molecule is C=CCN(CC=C)c1cc(C#N)ccc1[C@H](C)O. The van der Waals surface area contributed by atoms with Crippen molar-refractivity contribution in [2.24, 2.45) is 0 Å². The molecule has 1 atom stereocenters. The van der Waals surface area contributed by atoms with Gasteiger partial charge in [-0.25, -0.2) is 0 Å². The maximum Gasteiger partial charge on any atom is 0.0992 e. The van der Waals surface area contributed by atoms with Gasteiger partial charge in [0.05, 0.1) is 17.7 Å². The Morgan fingerprint density at radius 1 is 1.39 bits per heavy atom. The van der Waals surface area contributed by atoms with Gasteiger partial charge >= 0.3 is 0 Å². The Kier molecular flexibility index (Phi) is 5.16. The highest BCUT2D eigenvalue weighted by Crippen LogP contribution is 2.27. The highest BCUT2D eigenvalue weighted by molar-refractivity contribution is 5.59. The Hall–Kier alpha value is -2.05. The lowest BCUT2D eigenvalue weighted by atomic mass is 10.0. The molecular weight excluding hydrogens is 224 g/mol. The van der Waals surface area contributed by atoms with Crippen molar-refractivity contribution < 1.29 is 5.11 Å². The number of rotatable bonds is 6. The number of hydrogen-bond acceptors (Lipinski definition) is 3. The van der Waals surface area contributed by atoms with Crippen molar-refractivity contribution in [3.63, 3.8) is 0 Å². The third kappa shape index (κ3) is 3.22. The highest BCUT2D eigenvalue weighted by Gasteiger charge is 2.13. The number of nitriles is 1. The molecule has 1 rings (SSSR count). The van der Waals surface area contributed by atoms with E-state index in [0.717, 1.165) is 11.3 Å². The molecule has 94 valence electrons. The number of aliphatic hydroxyl groups excluding tert-OH is 1. The van der Waals surface area contributed by atoms with Crippen LogP contribution in [0.3, 0.4) is 0 Å². The third-order valence-electron chi connectivity index (χ3n) is 2.65. The molecule has 0 aliphatic rings. The zero-order valence-electron chi connectivity index (χ0n) is 10.6. The topological polar surface area (TPSA) is 47.3 Å². The van der Waals surface area contributed by atoms with E-state index in [1.54, 1.807) is 37.3 Å². The van der Waals surface area contributed by atoms with Crippen molar-refractivity contribution in [2.75, 3.05) is 18.0 Å². The zero-order valence-corrected chi connectivity index (χ0v) is 10.6. The molecule has 0 aromatic heterocycles. The number of benzene rings is 1. The van der Waals surface area contributed by atoms with Crippen LogP contribution in [0.1, 0.15) is 24.2 Å². The summed E-state index contributed by atoms with van der Waals surface area (Å²) in [5.41, 5.74) is 2.23. The van der Waals surface area contributed by atoms with Gasteiger partial charge in [0.2, 0.25) is 0 Å². The van der Waals surface area contributed by atoms with Crippen LogP contribution in [-0.2, 0) is 0 Å². The third-order valence-corrected chi connectivity index (χ3v) is 2.65. The monoisotopic (exact) mass is 242 g/mol. The average Bonchev–Trinajstić information content (AvgIpc) is 2.37. The fourth-order valence-electron chi connectivity index (χ4n) is 1.82. The zero-order chi connectivity index (χ0) is 13.5. The van der Waals surface area contributed by atoms with Gasteiger partial charge in [0.1, 0.15) is 0 Å². The molecule has 3 nitrogen and oxygen atoms in total. The van der Waals surface area contributed by atoms with E-state index in [9.17, 15) is 5.11 Å².